The van der Waals surface area contributed by atoms with Gasteiger partial charge < -0.3 is 24.7 Å². The molecule has 0 aliphatic heterocycles. The number of fused-ring (bicyclic) bond motifs is 1. The van der Waals surface area contributed by atoms with Crippen molar-refractivity contribution in [3.05, 3.63) is 51.7 Å². The largest absolute Gasteiger partial charge is 0.486 e. The highest BCUT2D eigenvalue weighted by atomic mass is 32.1. The Balaban J connectivity index is 1.86. The minimum absolute atomic E-state index is 0.361. The van der Waals surface area contributed by atoms with Crippen molar-refractivity contribution < 1.29 is 19.7 Å². The van der Waals surface area contributed by atoms with Gasteiger partial charge in [-0.05, 0) is 44.5 Å². The van der Waals surface area contributed by atoms with E-state index in [1.54, 1.807) is 35.1 Å². The van der Waals surface area contributed by atoms with E-state index in [1.165, 1.54) is 0 Å². The summed E-state index contributed by atoms with van der Waals surface area (Å²) >= 11 is 1.58. The molecule has 0 bridgehead atoms. The molecule has 3 aromatic heterocycles. The minimum Gasteiger partial charge on any atom is -0.486 e. The molecule has 0 atom stereocenters. The van der Waals surface area contributed by atoms with Gasteiger partial charge in [-0.1, -0.05) is 0 Å². The van der Waals surface area contributed by atoms with Crippen molar-refractivity contribution >= 4 is 22.8 Å². The van der Waals surface area contributed by atoms with Crippen molar-refractivity contribution in [1.29, 1.82) is 0 Å². The van der Waals surface area contributed by atoms with Crippen LogP contribution >= 0.6 is 11.3 Å². The summed E-state index contributed by atoms with van der Waals surface area (Å²) in [5.41, 5.74) is 0.998. The van der Waals surface area contributed by atoms with Crippen LogP contribution in [0.25, 0.3) is 5.52 Å². The van der Waals surface area contributed by atoms with Gasteiger partial charge in [0.1, 0.15) is 18.1 Å². The third-order valence-electron chi connectivity index (χ3n) is 4.31. The van der Waals surface area contributed by atoms with E-state index < -0.39 is 5.54 Å². The number of pyridine rings is 1. The first-order valence-corrected chi connectivity index (χ1v) is 9.37. The van der Waals surface area contributed by atoms with Crippen molar-refractivity contribution in [2.24, 2.45) is 0 Å². The van der Waals surface area contributed by atoms with Gasteiger partial charge in [0.2, 0.25) is 0 Å². The van der Waals surface area contributed by atoms with Crippen molar-refractivity contribution in [2.75, 3.05) is 13.2 Å². The molecule has 0 radical (unpaired) electrons. The maximum absolute atomic E-state index is 12.8. The van der Waals surface area contributed by atoms with Crippen molar-refractivity contribution in [3.8, 4) is 5.75 Å². The van der Waals surface area contributed by atoms with Crippen LogP contribution in [-0.4, -0.2) is 44.3 Å². The third-order valence-corrected chi connectivity index (χ3v) is 5.20. The molecule has 0 fully saturated rings. The molecule has 0 saturated heterocycles. The Morgan fingerprint density at radius 2 is 2.07 bits per heavy atom. The molecule has 144 valence electrons. The summed E-state index contributed by atoms with van der Waals surface area (Å²) in [6.07, 6.45) is 3.56. The van der Waals surface area contributed by atoms with Crippen LogP contribution in [0.5, 0.6) is 5.75 Å². The second-order valence-electron chi connectivity index (χ2n) is 6.80. The second kappa shape index (κ2) is 7.67. The van der Waals surface area contributed by atoms with Gasteiger partial charge in [0.15, 0.2) is 0 Å². The van der Waals surface area contributed by atoms with Gasteiger partial charge in [0.05, 0.1) is 34.8 Å². The molecule has 1 amide bonds. The van der Waals surface area contributed by atoms with Crippen molar-refractivity contribution in [3.63, 3.8) is 0 Å². The molecule has 8 heteroatoms. The number of aliphatic hydroxyl groups excluding tert-OH is 2. The summed E-state index contributed by atoms with van der Waals surface area (Å²) in [6, 6.07) is 5.64. The number of ether oxygens (including phenoxy) is 1. The molecule has 7 nitrogen and oxygen atoms in total. The van der Waals surface area contributed by atoms with Gasteiger partial charge in [0, 0.05) is 11.7 Å². The van der Waals surface area contributed by atoms with E-state index >= 15 is 0 Å². The molecule has 0 aliphatic carbocycles. The molecule has 3 rings (SSSR count). The van der Waals surface area contributed by atoms with E-state index in [-0.39, 0.29) is 19.1 Å². The van der Waals surface area contributed by atoms with Gasteiger partial charge >= 0.3 is 0 Å². The van der Waals surface area contributed by atoms with Crippen LogP contribution in [-0.2, 0) is 6.61 Å². The normalized spacial score (nSPS) is 11.7. The number of aliphatic hydroxyl groups is 2. The SMILES string of the molecule is Cc1ncc(COc2ccc3cc(C)c(C(=O)NC(C)(CO)CO)n3c2)s1. The fourth-order valence-corrected chi connectivity index (χ4v) is 3.45. The Bertz CT molecular complexity index is 959. The lowest BCUT2D eigenvalue weighted by molar-refractivity contribution is 0.0718. The summed E-state index contributed by atoms with van der Waals surface area (Å²) < 4.78 is 7.60. The van der Waals surface area contributed by atoms with Crippen LogP contribution in [0.1, 0.15) is 32.9 Å². The summed E-state index contributed by atoms with van der Waals surface area (Å²) in [6.45, 7) is 5.06. The Morgan fingerprint density at radius 3 is 2.70 bits per heavy atom. The van der Waals surface area contributed by atoms with E-state index in [9.17, 15) is 15.0 Å². The fourth-order valence-electron chi connectivity index (χ4n) is 2.75. The number of aryl methyl sites for hydroxylation is 2. The highest BCUT2D eigenvalue weighted by Crippen LogP contribution is 2.22. The van der Waals surface area contributed by atoms with E-state index in [2.05, 4.69) is 10.3 Å². The van der Waals surface area contributed by atoms with Crippen molar-refractivity contribution in [1.82, 2.24) is 14.7 Å². The van der Waals surface area contributed by atoms with Crippen LogP contribution in [0.2, 0.25) is 0 Å². The summed E-state index contributed by atoms with van der Waals surface area (Å²) in [7, 11) is 0. The summed E-state index contributed by atoms with van der Waals surface area (Å²) in [5, 5.41) is 22.6. The molecule has 3 aromatic rings. The third kappa shape index (κ3) is 4.13. The molecule has 0 spiro atoms. The number of nitrogens with one attached hydrogen (secondary N) is 1. The standard InChI is InChI=1S/C19H23N3O4S/c1-12-6-14-4-5-15(26-9-16-7-20-13(2)27-16)8-22(14)17(12)18(25)21-19(3,10-23)11-24/h4-8,23-24H,9-11H2,1-3H3,(H,21,25). The zero-order valence-corrected chi connectivity index (χ0v) is 16.3. The predicted molar refractivity (Wildman–Crippen MR) is 103 cm³/mol. The quantitative estimate of drug-likeness (QED) is 0.575. The van der Waals surface area contributed by atoms with Crippen LogP contribution in [0.15, 0.2) is 30.6 Å². The zero-order valence-electron chi connectivity index (χ0n) is 15.5. The molecule has 0 unspecified atom stereocenters. The van der Waals surface area contributed by atoms with Crippen LogP contribution in [0.3, 0.4) is 0 Å². The fraction of sp³-hybridized carbons (Fsp3) is 0.368. The van der Waals surface area contributed by atoms with Gasteiger partial charge in [-0.2, -0.15) is 0 Å². The number of hydrogen-bond acceptors (Lipinski definition) is 6. The van der Waals surface area contributed by atoms with Gasteiger partial charge in [-0.25, -0.2) is 4.98 Å². The summed E-state index contributed by atoms with van der Waals surface area (Å²) in [4.78, 5) is 18.0. The Hall–Kier alpha value is -2.42. The first kappa shape index (κ1) is 19.3. The van der Waals surface area contributed by atoms with Crippen LogP contribution in [0.4, 0.5) is 0 Å². The number of nitrogens with zero attached hydrogens (tertiary/aromatic N) is 2. The van der Waals surface area contributed by atoms with Gasteiger partial charge in [-0.15, -0.1) is 11.3 Å². The number of carbonyl (C=O) groups excluding carboxylic acids is 1. The molecular formula is C19H23N3O4S. The van der Waals surface area contributed by atoms with Crippen LogP contribution < -0.4 is 10.1 Å². The zero-order chi connectivity index (χ0) is 19.6. The lowest BCUT2D eigenvalue weighted by Gasteiger charge is -2.26. The van der Waals surface area contributed by atoms with E-state index in [0.717, 1.165) is 21.0 Å². The number of amides is 1. The number of rotatable bonds is 7. The molecule has 0 aromatic carbocycles. The Kier molecular flexibility index (Phi) is 5.50. The van der Waals surface area contributed by atoms with Gasteiger partial charge in [0.25, 0.3) is 5.91 Å². The number of carbonyl (C=O) groups is 1. The highest BCUT2D eigenvalue weighted by Gasteiger charge is 2.27. The monoisotopic (exact) mass is 389 g/mol. The predicted octanol–water partition coefficient (Wildman–Crippen LogP) is 2.06. The first-order chi connectivity index (χ1) is 12.8. The van der Waals surface area contributed by atoms with Crippen LogP contribution in [0, 0.1) is 13.8 Å². The molecule has 3 N–H and O–H groups in total. The van der Waals surface area contributed by atoms with Crippen molar-refractivity contribution in [2.45, 2.75) is 32.9 Å². The van der Waals surface area contributed by atoms with E-state index in [4.69, 9.17) is 4.74 Å². The second-order valence-corrected chi connectivity index (χ2v) is 8.12. The topological polar surface area (TPSA) is 96.1 Å². The maximum Gasteiger partial charge on any atom is 0.269 e. The Labute approximate surface area is 161 Å². The van der Waals surface area contributed by atoms with E-state index in [0.29, 0.717) is 18.1 Å². The molecular weight excluding hydrogens is 366 g/mol. The number of aromatic nitrogens is 2. The highest BCUT2D eigenvalue weighted by molar-refractivity contribution is 7.11. The number of hydrogen-bond donors (Lipinski definition) is 3. The summed E-state index contributed by atoms with van der Waals surface area (Å²) in [5.74, 6) is 0.263. The maximum atomic E-state index is 12.8. The molecule has 0 aliphatic rings. The van der Waals surface area contributed by atoms with E-state index in [1.807, 2.05) is 32.0 Å². The lowest BCUT2D eigenvalue weighted by Crippen LogP contribution is -2.52. The van der Waals surface area contributed by atoms with Gasteiger partial charge in [-0.3, -0.25) is 4.79 Å². The minimum atomic E-state index is -1.09. The molecule has 0 saturated carbocycles. The smallest absolute Gasteiger partial charge is 0.269 e. The number of thiazole rings is 1. The first-order valence-electron chi connectivity index (χ1n) is 8.55. The molecule has 3 heterocycles. The molecule has 27 heavy (non-hydrogen) atoms. The average molecular weight is 389 g/mol. The Morgan fingerprint density at radius 1 is 1.33 bits per heavy atom. The average Bonchev–Trinajstić information content (AvgIpc) is 3.21. The lowest BCUT2D eigenvalue weighted by atomic mass is 10.1.